The lowest BCUT2D eigenvalue weighted by Gasteiger charge is -2.04. The molecular formula is C8H10ClNO2. The van der Waals surface area contributed by atoms with Crippen molar-refractivity contribution in [2.45, 2.75) is 6.61 Å². The van der Waals surface area contributed by atoms with Gasteiger partial charge in [0, 0.05) is 10.6 Å². The summed E-state index contributed by atoms with van der Waals surface area (Å²) in [5, 5.41) is 0.626. The molecule has 1 aromatic carbocycles. The van der Waals surface area contributed by atoms with Crippen molar-refractivity contribution >= 4 is 11.6 Å². The summed E-state index contributed by atoms with van der Waals surface area (Å²) in [4.78, 5) is 4.47. The number of nitrogens with two attached hydrogens (primary N) is 1. The van der Waals surface area contributed by atoms with Crippen molar-refractivity contribution in [2.75, 3.05) is 7.11 Å². The van der Waals surface area contributed by atoms with Crippen LogP contribution in [0.3, 0.4) is 0 Å². The van der Waals surface area contributed by atoms with Crippen LogP contribution in [0, 0.1) is 0 Å². The van der Waals surface area contributed by atoms with Gasteiger partial charge in [0.2, 0.25) is 0 Å². The predicted octanol–water partition coefficient (Wildman–Crippen LogP) is 1.74. The first-order valence-corrected chi connectivity index (χ1v) is 3.80. The zero-order chi connectivity index (χ0) is 8.97. The molecule has 66 valence electrons. The predicted molar refractivity (Wildman–Crippen MR) is 47.0 cm³/mol. The Morgan fingerprint density at radius 1 is 1.50 bits per heavy atom. The van der Waals surface area contributed by atoms with Crippen LogP contribution in [0.5, 0.6) is 5.75 Å². The third-order valence-electron chi connectivity index (χ3n) is 1.49. The standard InChI is InChI=1S/C8H10ClNO2/c1-11-7-2-3-8(9)6(4-7)5-12-10/h2-4H,5,10H2,1H3. The Balaban J connectivity index is 2.91. The monoisotopic (exact) mass is 187 g/mol. The Bertz CT molecular complexity index is 265. The summed E-state index contributed by atoms with van der Waals surface area (Å²) < 4.78 is 5.00. The van der Waals surface area contributed by atoms with Gasteiger partial charge in [-0.3, -0.25) is 4.84 Å². The summed E-state index contributed by atoms with van der Waals surface area (Å²) >= 11 is 5.84. The van der Waals surface area contributed by atoms with Gasteiger partial charge in [0.25, 0.3) is 0 Å². The molecule has 0 aliphatic rings. The third kappa shape index (κ3) is 2.11. The van der Waals surface area contributed by atoms with E-state index in [2.05, 4.69) is 4.84 Å². The van der Waals surface area contributed by atoms with Crippen molar-refractivity contribution in [1.29, 1.82) is 0 Å². The molecule has 1 aromatic rings. The van der Waals surface area contributed by atoms with Gasteiger partial charge in [-0.2, -0.15) is 0 Å². The fourth-order valence-electron chi connectivity index (χ4n) is 0.878. The first kappa shape index (κ1) is 9.32. The molecule has 0 aliphatic carbocycles. The molecule has 0 radical (unpaired) electrons. The van der Waals surface area contributed by atoms with E-state index in [0.717, 1.165) is 11.3 Å². The molecule has 0 bridgehead atoms. The lowest BCUT2D eigenvalue weighted by atomic mass is 10.2. The van der Waals surface area contributed by atoms with Crippen molar-refractivity contribution in [1.82, 2.24) is 0 Å². The Morgan fingerprint density at radius 2 is 2.25 bits per heavy atom. The van der Waals surface area contributed by atoms with Gasteiger partial charge in [-0.1, -0.05) is 11.6 Å². The fraction of sp³-hybridized carbons (Fsp3) is 0.250. The van der Waals surface area contributed by atoms with Crippen LogP contribution in [0.1, 0.15) is 5.56 Å². The molecule has 3 nitrogen and oxygen atoms in total. The summed E-state index contributed by atoms with van der Waals surface area (Å²) in [7, 11) is 1.59. The molecule has 1 rings (SSSR count). The average molecular weight is 188 g/mol. The molecule has 0 atom stereocenters. The lowest BCUT2D eigenvalue weighted by molar-refractivity contribution is 0.124. The molecule has 0 fully saturated rings. The van der Waals surface area contributed by atoms with Crippen LogP contribution in [0.2, 0.25) is 5.02 Å². The van der Waals surface area contributed by atoms with Gasteiger partial charge in [0.1, 0.15) is 5.75 Å². The van der Waals surface area contributed by atoms with Crippen LogP contribution < -0.4 is 10.6 Å². The fourth-order valence-corrected chi connectivity index (χ4v) is 1.05. The molecule has 4 heteroatoms. The highest BCUT2D eigenvalue weighted by Crippen LogP contribution is 2.21. The van der Waals surface area contributed by atoms with Crippen molar-refractivity contribution in [3.05, 3.63) is 28.8 Å². The Hall–Kier alpha value is -0.770. The molecule has 0 unspecified atom stereocenters. The van der Waals surface area contributed by atoms with Crippen LogP contribution in [0.15, 0.2) is 18.2 Å². The van der Waals surface area contributed by atoms with Crippen LogP contribution in [-0.2, 0) is 11.4 Å². The van der Waals surface area contributed by atoms with E-state index >= 15 is 0 Å². The molecule has 0 heterocycles. The second-order valence-electron chi connectivity index (χ2n) is 2.27. The minimum atomic E-state index is 0.288. The maximum atomic E-state index is 5.84. The van der Waals surface area contributed by atoms with Gasteiger partial charge < -0.3 is 4.74 Å². The minimum absolute atomic E-state index is 0.288. The molecule has 0 amide bonds. The Kier molecular flexibility index (Phi) is 3.34. The summed E-state index contributed by atoms with van der Waals surface area (Å²) in [5.74, 6) is 5.66. The van der Waals surface area contributed by atoms with Gasteiger partial charge in [-0.05, 0) is 18.2 Å². The van der Waals surface area contributed by atoms with Crippen LogP contribution in [-0.4, -0.2) is 7.11 Å². The summed E-state index contributed by atoms with van der Waals surface area (Å²) in [6, 6.07) is 5.31. The van der Waals surface area contributed by atoms with E-state index < -0.39 is 0 Å². The molecule has 0 saturated carbocycles. The SMILES string of the molecule is COc1ccc(Cl)c(CON)c1. The van der Waals surface area contributed by atoms with Gasteiger partial charge in [-0.25, -0.2) is 5.90 Å². The maximum Gasteiger partial charge on any atom is 0.119 e. The zero-order valence-corrected chi connectivity index (χ0v) is 7.47. The van der Waals surface area contributed by atoms with E-state index in [9.17, 15) is 0 Å². The van der Waals surface area contributed by atoms with Crippen molar-refractivity contribution in [2.24, 2.45) is 5.90 Å². The molecule has 0 aromatic heterocycles. The molecule has 0 saturated heterocycles. The number of hydrogen-bond acceptors (Lipinski definition) is 3. The second kappa shape index (κ2) is 4.30. The van der Waals surface area contributed by atoms with Gasteiger partial charge >= 0.3 is 0 Å². The van der Waals surface area contributed by atoms with Crippen molar-refractivity contribution in [3.8, 4) is 5.75 Å². The summed E-state index contributed by atoms with van der Waals surface area (Å²) in [6.45, 7) is 0.288. The molecule has 12 heavy (non-hydrogen) atoms. The molecule has 2 N–H and O–H groups in total. The van der Waals surface area contributed by atoms with Gasteiger partial charge in [-0.15, -0.1) is 0 Å². The molecule has 0 aliphatic heterocycles. The lowest BCUT2D eigenvalue weighted by Crippen LogP contribution is -1.99. The summed E-state index contributed by atoms with van der Waals surface area (Å²) in [5.41, 5.74) is 0.818. The summed E-state index contributed by atoms with van der Waals surface area (Å²) in [6.07, 6.45) is 0. The number of methoxy groups -OCH3 is 1. The smallest absolute Gasteiger partial charge is 0.119 e. The van der Waals surface area contributed by atoms with E-state index in [-0.39, 0.29) is 6.61 Å². The average Bonchev–Trinajstić information content (AvgIpc) is 2.09. The quantitative estimate of drug-likeness (QED) is 0.734. The second-order valence-corrected chi connectivity index (χ2v) is 2.68. The maximum absolute atomic E-state index is 5.84. The Morgan fingerprint density at radius 3 is 2.83 bits per heavy atom. The highest BCUT2D eigenvalue weighted by molar-refractivity contribution is 6.31. The number of halogens is 1. The van der Waals surface area contributed by atoms with Gasteiger partial charge in [0.05, 0.1) is 13.7 Å². The zero-order valence-electron chi connectivity index (χ0n) is 6.71. The largest absolute Gasteiger partial charge is 0.497 e. The first-order chi connectivity index (χ1) is 5.77. The molecular weight excluding hydrogens is 178 g/mol. The number of ether oxygens (including phenoxy) is 1. The highest BCUT2D eigenvalue weighted by atomic mass is 35.5. The van der Waals surface area contributed by atoms with Crippen LogP contribution in [0.25, 0.3) is 0 Å². The van der Waals surface area contributed by atoms with Crippen molar-refractivity contribution < 1.29 is 9.57 Å². The van der Waals surface area contributed by atoms with Crippen molar-refractivity contribution in [3.63, 3.8) is 0 Å². The third-order valence-corrected chi connectivity index (χ3v) is 1.86. The Labute approximate surface area is 76.0 Å². The number of benzene rings is 1. The van der Waals surface area contributed by atoms with E-state index in [1.807, 2.05) is 0 Å². The van der Waals surface area contributed by atoms with Crippen LogP contribution in [0.4, 0.5) is 0 Å². The highest BCUT2D eigenvalue weighted by Gasteiger charge is 2.01. The van der Waals surface area contributed by atoms with E-state index in [1.165, 1.54) is 0 Å². The van der Waals surface area contributed by atoms with Gasteiger partial charge in [0.15, 0.2) is 0 Å². The minimum Gasteiger partial charge on any atom is -0.497 e. The number of rotatable bonds is 3. The molecule has 0 spiro atoms. The van der Waals surface area contributed by atoms with E-state index in [1.54, 1.807) is 25.3 Å². The van der Waals surface area contributed by atoms with E-state index in [0.29, 0.717) is 5.02 Å². The topological polar surface area (TPSA) is 44.5 Å². The normalized spacial score (nSPS) is 9.92. The first-order valence-electron chi connectivity index (χ1n) is 3.42. The number of hydrogen-bond donors (Lipinski definition) is 1. The van der Waals surface area contributed by atoms with Crippen LogP contribution >= 0.6 is 11.6 Å². The van der Waals surface area contributed by atoms with E-state index in [4.69, 9.17) is 22.2 Å².